The predicted molar refractivity (Wildman–Crippen MR) is 82.2 cm³/mol. The van der Waals surface area contributed by atoms with Crippen molar-refractivity contribution in [3.8, 4) is 0 Å². The van der Waals surface area contributed by atoms with E-state index in [1.54, 1.807) is 6.26 Å². The quantitative estimate of drug-likeness (QED) is 0.838. The molecule has 0 amide bonds. The highest BCUT2D eigenvalue weighted by atomic mass is 32.1. The minimum Gasteiger partial charge on any atom is -0.467 e. The van der Waals surface area contributed by atoms with Crippen molar-refractivity contribution in [3.63, 3.8) is 0 Å². The summed E-state index contributed by atoms with van der Waals surface area (Å²) in [6.07, 6.45) is 10.1. The zero-order valence-corrected chi connectivity index (χ0v) is 12.5. The lowest BCUT2D eigenvalue weighted by Gasteiger charge is -2.57. The second-order valence-electron chi connectivity index (χ2n) is 7.08. The van der Waals surface area contributed by atoms with Crippen LogP contribution < -0.4 is 10.6 Å². The van der Waals surface area contributed by atoms with Crippen LogP contribution >= 0.6 is 12.2 Å². The lowest BCUT2D eigenvalue weighted by Crippen LogP contribution is -2.61. The third kappa shape index (κ3) is 2.34. The van der Waals surface area contributed by atoms with Gasteiger partial charge >= 0.3 is 0 Å². The summed E-state index contributed by atoms with van der Waals surface area (Å²) in [5.74, 6) is 3.77. The van der Waals surface area contributed by atoms with Gasteiger partial charge in [0.25, 0.3) is 0 Å². The van der Waals surface area contributed by atoms with Crippen LogP contribution in [0.4, 0.5) is 0 Å². The highest BCUT2D eigenvalue weighted by molar-refractivity contribution is 7.80. The largest absolute Gasteiger partial charge is 0.467 e. The van der Waals surface area contributed by atoms with Crippen LogP contribution in [0.3, 0.4) is 0 Å². The summed E-state index contributed by atoms with van der Waals surface area (Å²) in [6, 6.07) is 3.88. The Morgan fingerprint density at radius 1 is 1.20 bits per heavy atom. The van der Waals surface area contributed by atoms with Crippen LogP contribution in [-0.4, -0.2) is 10.7 Å². The summed E-state index contributed by atoms with van der Waals surface area (Å²) < 4.78 is 5.33. The van der Waals surface area contributed by atoms with Gasteiger partial charge in [-0.2, -0.15) is 0 Å². The van der Waals surface area contributed by atoms with E-state index < -0.39 is 0 Å². The molecule has 4 saturated carbocycles. The van der Waals surface area contributed by atoms with E-state index in [9.17, 15) is 0 Å². The van der Waals surface area contributed by atoms with E-state index >= 15 is 0 Å². The Morgan fingerprint density at radius 3 is 2.40 bits per heavy atom. The third-order valence-corrected chi connectivity index (χ3v) is 5.67. The first-order valence-corrected chi connectivity index (χ1v) is 8.20. The molecule has 4 heteroatoms. The van der Waals surface area contributed by atoms with Gasteiger partial charge in [-0.1, -0.05) is 0 Å². The normalized spacial score (nSPS) is 37.9. The summed E-state index contributed by atoms with van der Waals surface area (Å²) in [5.41, 5.74) is 0.294. The molecule has 3 nitrogen and oxygen atoms in total. The molecular weight excluding hydrogens is 268 g/mol. The maximum absolute atomic E-state index is 5.50. The molecule has 4 fully saturated rings. The van der Waals surface area contributed by atoms with E-state index in [0.29, 0.717) is 12.1 Å². The zero-order chi connectivity index (χ0) is 13.6. The Bertz CT molecular complexity index is 461. The monoisotopic (exact) mass is 290 g/mol. The number of nitrogens with one attached hydrogen (secondary N) is 2. The molecule has 1 heterocycles. The molecule has 0 aliphatic heterocycles. The smallest absolute Gasteiger partial charge is 0.167 e. The number of hydrogen-bond donors (Lipinski definition) is 2. The first-order chi connectivity index (χ1) is 9.71. The highest BCUT2D eigenvalue weighted by Gasteiger charge is 2.51. The van der Waals surface area contributed by atoms with Crippen molar-refractivity contribution in [1.82, 2.24) is 10.6 Å². The molecule has 108 valence electrons. The number of rotatable bonds is 3. The molecule has 1 aromatic rings. The number of hydrogen-bond acceptors (Lipinski definition) is 2. The van der Waals surface area contributed by atoms with Gasteiger partial charge in [0.2, 0.25) is 0 Å². The molecule has 4 aliphatic rings. The lowest BCUT2D eigenvalue weighted by molar-refractivity contribution is -0.0101. The minimum absolute atomic E-state index is 0.294. The van der Waals surface area contributed by atoms with Crippen molar-refractivity contribution in [2.24, 2.45) is 17.8 Å². The van der Waals surface area contributed by atoms with E-state index in [2.05, 4.69) is 10.6 Å². The Labute approximate surface area is 125 Å². The van der Waals surface area contributed by atoms with Crippen LogP contribution in [0.2, 0.25) is 0 Å². The molecule has 0 aromatic carbocycles. The van der Waals surface area contributed by atoms with E-state index in [-0.39, 0.29) is 0 Å². The van der Waals surface area contributed by atoms with Gasteiger partial charge < -0.3 is 15.1 Å². The molecule has 2 N–H and O–H groups in total. The van der Waals surface area contributed by atoms with Crippen LogP contribution in [0.25, 0.3) is 0 Å². The van der Waals surface area contributed by atoms with Gasteiger partial charge in [0.05, 0.1) is 12.8 Å². The van der Waals surface area contributed by atoms with Gasteiger partial charge in [-0.05, 0) is 80.6 Å². The molecule has 1 aromatic heterocycles. The lowest BCUT2D eigenvalue weighted by atomic mass is 9.53. The van der Waals surface area contributed by atoms with Gasteiger partial charge in [-0.25, -0.2) is 0 Å². The molecular formula is C16H22N2OS. The van der Waals surface area contributed by atoms with Crippen LogP contribution in [-0.2, 0) is 6.54 Å². The maximum Gasteiger partial charge on any atom is 0.167 e. The van der Waals surface area contributed by atoms with Gasteiger partial charge in [0.1, 0.15) is 5.76 Å². The van der Waals surface area contributed by atoms with E-state index in [1.807, 2.05) is 12.1 Å². The van der Waals surface area contributed by atoms with Crippen LogP contribution in [0.5, 0.6) is 0 Å². The minimum atomic E-state index is 0.294. The van der Waals surface area contributed by atoms with E-state index in [4.69, 9.17) is 16.6 Å². The Hall–Kier alpha value is -1.03. The van der Waals surface area contributed by atoms with Gasteiger partial charge in [0, 0.05) is 5.54 Å². The van der Waals surface area contributed by atoms with Crippen LogP contribution in [0.1, 0.15) is 44.3 Å². The van der Waals surface area contributed by atoms with Crippen molar-refractivity contribution >= 4 is 17.3 Å². The Kier molecular flexibility index (Phi) is 3.02. The highest BCUT2D eigenvalue weighted by Crippen LogP contribution is 2.55. The van der Waals surface area contributed by atoms with Crippen molar-refractivity contribution in [1.29, 1.82) is 0 Å². The van der Waals surface area contributed by atoms with Crippen molar-refractivity contribution in [3.05, 3.63) is 24.2 Å². The average molecular weight is 290 g/mol. The van der Waals surface area contributed by atoms with Crippen LogP contribution in [0, 0.1) is 17.8 Å². The molecule has 4 bridgehead atoms. The number of thiocarbonyl (C=S) groups is 1. The average Bonchev–Trinajstić information content (AvgIpc) is 2.87. The first-order valence-electron chi connectivity index (χ1n) is 7.79. The fourth-order valence-electron chi connectivity index (χ4n) is 5.13. The fraction of sp³-hybridized carbons (Fsp3) is 0.688. The second-order valence-corrected chi connectivity index (χ2v) is 7.49. The van der Waals surface area contributed by atoms with Gasteiger partial charge in [-0.3, -0.25) is 0 Å². The summed E-state index contributed by atoms with van der Waals surface area (Å²) in [7, 11) is 0. The fourth-order valence-corrected chi connectivity index (χ4v) is 5.42. The molecule has 0 radical (unpaired) electrons. The molecule has 20 heavy (non-hydrogen) atoms. The van der Waals surface area contributed by atoms with Crippen molar-refractivity contribution < 1.29 is 4.42 Å². The standard InChI is InChI=1S/C16H22N2OS/c20-15(17-10-14-2-1-3-19-14)18-16-7-11-4-12(8-16)6-13(5-11)9-16/h1-3,11-13H,4-10H2,(H2,17,18,20). The van der Waals surface area contributed by atoms with E-state index in [0.717, 1.165) is 28.6 Å². The van der Waals surface area contributed by atoms with Gasteiger partial charge in [-0.15, -0.1) is 0 Å². The first kappa shape index (κ1) is 12.7. The van der Waals surface area contributed by atoms with Crippen molar-refractivity contribution in [2.45, 2.75) is 50.6 Å². The van der Waals surface area contributed by atoms with E-state index in [1.165, 1.54) is 38.5 Å². The Balaban J connectivity index is 1.37. The van der Waals surface area contributed by atoms with Crippen LogP contribution in [0.15, 0.2) is 22.8 Å². The molecule has 4 aliphatic carbocycles. The number of furan rings is 1. The van der Waals surface area contributed by atoms with Gasteiger partial charge in [0.15, 0.2) is 5.11 Å². The molecule has 0 saturated heterocycles. The zero-order valence-electron chi connectivity index (χ0n) is 11.7. The topological polar surface area (TPSA) is 37.2 Å². The second kappa shape index (κ2) is 4.76. The summed E-state index contributed by atoms with van der Waals surface area (Å²) in [6.45, 7) is 0.672. The predicted octanol–water partition coefficient (Wildman–Crippen LogP) is 3.21. The Morgan fingerprint density at radius 2 is 1.85 bits per heavy atom. The summed E-state index contributed by atoms with van der Waals surface area (Å²) in [4.78, 5) is 0. The molecule has 0 spiro atoms. The molecule has 0 atom stereocenters. The molecule has 5 rings (SSSR count). The molecule has 0 unspecified atom stereocenters. The van der Waals surface area contributed by atoms with Crippen molar-refractivity contribution in [2.75, 3.05) is 0 Å². The summed E-state index contributed by atoms with van der Waals surface area (Å²) >= 11 is 5.50. The SMILES string of the molecule is S=C(NCc1ccco1)NC12CC3CC(CC(C3)C1)C2. The summed E-state index contributed by atoms with van der Waals surface area (Å²) in [5, 5.41) is 7.75. The third-order valence-electron chi connectivity index (χ3n) is 5.42. The maximum atomic E-state index is 5.50.